The van der Waals surface area contributed by atoms with Gasteiger partial charge in [-0.05, 0) is 37.1 Å². The van der Waals surface area contributed by atoms with Gasteiger partial charge < -0.3 is 11.1 Å². The third kappa shape index (κ3) is 2.16. The molecule has 1 heterocycles. The fraction of sp³-hybridized carbons (Fsp3) is 0.455. The van der Waals surface area contributed by atoms with Gasteiger partial charge in [0.15, 0.2) is 0 Å². The molecule has 2 rings (SSSR count). The minimum Gasteiger partial charge on any atom is -0.326 e. The monoisotopic (exact) mass is 254 g/mol. The molecule has 2 unspecified atom stereocenters. The van der Waals surface area contributed by atoms with Gasteiger partial charge in [-0.3, -0.25) is 0 Å². The molecule has 1 fully saturated rings. The van der Waals surface area contributed by atoms with E-state index in [-0.39, 0.29) is 6.04 Å². The van der Waals surface area contributed by atoms with Crippen molar-refractivity contribution in [1.29, 1.82) is 0 Å². The Bertz CT molecular complexity index is 314. The highest BCUT2D eigenvalue weighted by molar-refractivity contribution is 9.10. The Morgan fingerprint density at radius 1 is 1.43 bits per heavy atom. The third-order valence-electron chi connectivity index (χ3n) is 2.71. The highest BCUT2D eigenvalue weighted by Crippen LogP contribution is 2.24. The normalized spacial score (nSPS) is 27.6. The average molecular weight is 255 g/mol. The summed E-state index contributed by atoms with van der Waals surface area (Å²) in [4.78, 5) is 0. The van der Waals surface area contributed by atoms with Crippen LogP contribution in [0.3, 0.4) is 0 Å². The van der Waals surface area contributed by atoms with Gasteiger partial charge in [0.25, 0.3) is 0 Å². The van der Waals surface area contributed by atoms with Gasteiger partial charge in [-0.25, -0.2) is 0 Å². The van der Waals surface area contributed by atoms with Gasteiger partial charge >= 0.3 is 0 Å². The smallest absolute Gasteiger partial charge is 0.0474 e. The second kappa shape index (κ2) is 4.43. The maximum absolute atomic E-state index is 6.08. The van der Waals surface area contributed by atoms with Gasteiger partial charge in [0.1, 0.15) is 0 Å². The molecule has 0 spiro atoms. The second-order valence-electron chi connectivity index (χ2n) is 3.79. The number of hydrogen-bond acceptors (Lipinski definition) is 2. The minimum atomic E-state index is 0.248. The standard InChI is InChI=1S/C11H15BrN2/c12-9-4-1-3-8(7-9)11-10(13)5-2-6-14-11/h1,3-4,7,10-11,14H,2,5-6,13H2. The first-order valence-electron chi connectivity index (χ1n) is 5.02. The molecule has 2 atom stereocenters. The van der Waals surface area contributed by atoms with Crippen LogP contribution in [0.5, 0.6) is 0 Å². The summed E-state index contributed by atoms with van der Waals surface area (Å²) < 4.78 is 1.12. The maximum Gasteiger partial charge on any atom is 0.0474 e. The SMILES string of the molecule is NC1CCCNC1c1cccc(Br)c1. The highest BCUT2D eigenvalue weighted by atomic mass is 79.9. The van der Waals surface area contributed by atoms with Crippen molar-refractivity contribution in [2.24, 2.45) is 5.73 Å². The molecule has 0 amide bonds. The van der Waals surface area contributed by atoms with Crippen LogP contribution in [0.1, 0.15) is 24.4 Å². The fourth-order valence-corrected chi connectivity index (χ4v) is 2.40. The van der Waals surface area contributed by atoms with E-state index in [0.717, 1.165) is 17.4 Å². The summed E-state index contributed by atoms with van der Waals surface area (Å²) in [6.45, 7) is 1.07. The molecular formula is C11H15BrN2. The first kappa shape index (κ1) is 10.1. The summed E-state index contributed by atoms with van der Waals surface area (Å²) >= 11 is 3.48. The Morgan fingerprint density at radius 2 is 2.29 bits per heavy atom. The molecule has 3 heteroatoms. The van der Waals surface area contributed by atoms with Crippen LogP contribution in [0.25, 0.3) is 0 Å². The zero-order chi connectivity index (χ0) is 9.97. The van der Waals surface area contributed by atoms with Crippen molar-refractivity contribution in [3.05, 3.63) is 34.3 Å². The van der Waals surface area contributed by atoms with Crippen LogP contribution in [-0.4, -0.2) is 12.6 Å². The van der Waals surface area contributed by atoms with Crippen LogP contribution in [0.2, 0.25) is 0 Å². The molecular weight excluding hydrogens is 240 g/mol. The zero-order valence-corrected chi connectivity index (χ0v) is 9.63. The van der Waals surface area contributed by atoms with Gasteiger partial charge in [0.2, 0.25) is 0 Å². The van der Waals surface area contributed by atoms with E-state index in [9.17, 15) is 0 Å². The fourth-order valence-electron chi connectivity index (χ4n) is 1.98. The van der Waals surface area contributed by atoms with Gasteiger partial charge in [-0.1, -0.05) is 28.1 Å². The Morgan fingerprint density at radius 3 is 3.00 bits per heavy atom. The van der Waals surface area contributed by atoms with Crippen LogP contribution >= 0.6 is 15.9 Å². The van der Waals surface area contributed by atoms with E-state index in [4.69, 9.17) is 5.73 Å². The number of halogens is 1. The molecule has 1 aromatic carbocycles. The lowest BCUT2D eigenvalue weighted by Crippen LogP contribution is -2.42. The molecule has 76 valence electrons. The summed E-state index contributed by atoms with van der Waals surface area (Å²) in [6, 6.07) is 8.94. The number of rotatable bonds is 1. The van der Waals surface area contributed by atoms with E-state index < -0.39 is 0 Å². The summed E-state index contributed by atoms with van der Waals surface area (Å²) in [7, 11) is 0. The molecule has 0 saturated carbocycles. The summed E-state index contributed by atoms with van der Waals surface area (Å²) in [6.07, 6.45) is 2.30. The highest BCUT2D eigenvalue weighted by Gasteiger charge is 2.22. The lowest BCUT2D eigenvalue weighted by Gasteiger charge is -2.30. The van der Waals surface area contributed by atoms with Gasteiger partial charge in [-0.2, -0.15) is 0 Å². The molecule has 0 aromatic heterocycles. The van der Waals surface area contributed by atoms with E-state index in [2.05, 4.69) is 39.4 Å². The molecule has 1 aliphatic rings. The van der Waals surface area contributed by atoms with E-state index in [1.54, 1.807) is 0 Å². The predicted octanol–water partition coefficient (Wildman–Crippen LogP) is 2.20. The minimum absolute atomic E-state index is 0.248. The quantitative estimate of drug-likeness (QED) is 0.807. The molecule has 2 nitrogen and oxygen atoms in total. The number of hydrogen-bond donors (Lipinski definition) is 2. The number of piperidine rings is 1. The van der Waals surface area contributed by atoms with E-state index in [0.29, 0.717) is 6.04 Å². The molecule has 3 N–H and O–H groups in total. The molecule has 0 aliphatic carbocycles. The number of benzene rings is 1. The van der Waals surface area contributed by atoms with Gasteiger partial charge in [0, 0.05) is 16.6 Å². The third-order valence-corrected chi connectivity index (χ3v) is 3.21. The van der Waals surface area contributed by atoms with Crippen molar-refractivity contribution < 1.29 is 0 Å². The Labute approximate surface area is 93.0 Å². The van der Waals surface area contributed by atoms with Crippen LogP contribution < -0.4 is 11.1 Å². The molecule has 14 heavy (non-hydrogen) atoms. The molecule has 1 saturated heterocycles. The van der Waals surface area contributed by atoms with E-state index >= 15 is 0 Å². The Kier molecular flexibility index (Phi) is 3.21. The molecule has 1 aromatic rings. The molecule has 1 aliphatic heterocycles. The van der Waals surface area contributed by atoms with Crippen molar-refractivity contribution in [2.45, 2.75) is 24.9 Å². The van der Waals surface area contributed by atoms with Crippen molar-refractivity contribution >= 4 is 15.9 Å². The summed E-state index contributed by atoms with van der Waals surface area (Å²) in [5.74, 6) is 0. The summed E-state index contributed by atoms with van der Waals surface area (Å²) in [5.41, 5.74) is 7.37. The topological polar surface area (TPSA) is 38.0 Å². The van der Waals surface area contributed by atoms with Crippen LogP contribution in [0.4, 0.5) is 0 Å². The summed E-state index contributed by atoms with van der Waals surface area (Å²) in [5, 5.41) is 3.47. The van der Waals surface area contributed by atoms with Crippen molar-refractivity contribution in [1.82, 2.24) is 5.32 Å². The number of nitrogens with one attached hydrogen (secondary N) is 1. The van der Waals surface area contributed by atoms with Gasteiger partial charge in [0.05, 0.1) is 0 Å². The largest absolute Gasteiger partial charge is 0.326 e. The lowest BCUT2D eigenvalue weighted by molar-refractivity contribution is 0.358. The molecule has 0 bridgehead atoms. The maximum atomic E-state index is 6.08. The van der Waals surface area contributed by atoms with Crippen LogP contribution in [0.15, 0.2) is 28.7 Å². The second-order valence-corrected chi connectivity index (χ2v) is 4.71. The first-order valence-corrected chi connectivity index (χ1v) is 5.81. The van der Waals surface area contributed by atoms with Crippen LogP contribution in [0, 0.1) is 0 Å². The number of nitrogens with two attached hydrogens (primary N) is 1. The van der Waals surface area contributed by atoms with Crippen molar-refractivity contribution in [2.75, 3.05) is 6.54 Å². The predicted molar refractivity (Wildman–Crippen MR) is 62.1 cm³/mol. The van der Waals surface area contributed by atoms with Crippen LogP contribution in [-0.2, 0) is 0 Å². The van der Waals surface area contributed by atoms with Crippen molar-refractivity contribution in [3.8, 4) is 0 Å². The van der Waals surface area contributed by atoms with Gasteiger partial charge in [-0.15, -0.1) is 0 Å². The Balaban J connectivity index is 2.20. The van der Waals surface area contributed by atoms with Crippen molar-refractivity contribution in [3.63, 3.8) is 0 Å². The van der Waals surface area contributed by atoms with E-state index in [1.807, 2.05) is 6.07 Å². The first-order chi connectivity index (χ1) is 6.77. The average Bonchev–Trinajstić information content (AvgIpc) is 2.18. The molecule has 0 radical (unpaired) electrons. The zero-order valence-electron chi connectivity index (χ0n) is 8.04. The Hall–Kier alpha value is -0.380. The van der Waals surface area contributed by atoms with E-state index in [1.165, 1.54) is 12.0 Å². The lowest BCUT2D eigenvalue weighted by atomic mass is 9.93.